The predicted octanol–water partition coefficient (Wildman–Crippen LogP) is 2.13. The van der Waals surface area contributed by atoms with E-state index in [1.165, 1.54) is 25.3 Å². The number of hydrogen-bond acceptors (Lipinski definition) is 3. The fourth-order valence-electron chi connectivity index (χ4n) is 1.19. The fraction of sp³-hybridized carbons (Fsp3) is 0.364. The Hall–Kier alpha value is -1.13. The van der Waals surface area contributed by atoms with Crippen molar-refractivity contribution in [3.8, 4) is 0 Å². The van der Waals surface area contributed by atoms with Crippen LogP contribution in [-0.2, 0) is 16.1 Å². The van der Waals surface area contributed by atoms with E-state index < -0.39 is 0 Å². The van der Waals surface area contributed by atoms with Gasteiger partial charge < -0.3 is 10.1 Å². The molecule has 1 aromatic carbocycles. The average Bonchev–Trinajstić information content (AvgIpc) is 2.28. The molecule has 0 heterocycles. The van der Waals surface area contributed by atoms with E-state index in [0.717, 1.165) is 0 Å². The molecule has 1 aromatic rings. The molecule has 5 heteroatoms. The topological polar surface area (TPSA) is 38.3 Å². The molecule has 88 valence electrons. The zero-order chi connectivity index (χ0) is 12.0. The first-order valence-electron chi connectivity index (χ1n) is 4.85. The number of hydrogen-bond donors (Lipinski definition) is 1. The number of benzene rings is 1. The third-order valence-corrected chi connectivity index (χ3v) is 2.43. The van der Waals surface area contributed by atoms with E-state index in [1.807, 2.05) is 0 Å². The van der Waals surface area contributed by atoms with Crippen molar-refractivity contribution in [2.24, 2.45) is 0 Å². The van der Waals surface area contributed by atoms with Crippen molar-refractivity contribution in [2.45, 2.75) is 13.0 Å². The van der Waals surface area contributed by atoms with Crippen molar-refractivity contribution < 1.29 is 13.9 Å². The van der Waals surface area contributed by atoms with Crippen LogP contribution in [-0.4, -0.2) is 19.6 Å². The summed E-state index contributed by atoms with van der Waals surface area (Å²) < 4.78 is 17.4. The minimum atomic E-state index is -0.325. The highest BCUT2D eigenvalue weighted by molar-refractivity contribution is 6.31. The largest absolute Gasteiger partial charge is 0.469 e. The molecule has 0 unspecified atom stereocenters. The van der Waals surface area contributed by atoms with Gasteiger partial charge in [-0.15, -0.1) is 0 Å². The fourth-order valence-corrected chi connectivity index (χ4v) is 1.38. The van der Waals surface area contributed by atoms with E-state index in [4.69, 9.17) is 11.6 Å². The zero-order valence-corrected chi connectivity index (χ0v) is 9.68. The maximum atomic E-state index is 12.9. The van der Waals surface area contributed by atoms with E-state index in [9.17, 15) is 9.18 Å². The maximum absolute atomic E-state index is 12.9. The molecule has 1 rings (SSSR count). The van der Waals surface area contributed by atoms with Gasteiger partial charge in [-0.3, -0.25) is 4.79 Å². The Morgan fingerprint density at radius 2 is 2.31 bits per heavy atom. The molecule has 0 aromatic heterocycles. The van der Waals surface area contributed by atoms with Gasteiger partial charge in [0.1, 0.15) is 5.82 Å². The highest BCUT2D eigenvalue weighted by Crippen LogP contribution is 2.16. The molecular weight excluding hydrogens is 233 g/mol. The normalized spacial score (nSPS) is 10.2. The highest BCUT2D eigenvalue weighted by Gasteiger charge is 2.03. The van der Waals surface area contributed by atoms with Gasteiger partial charge in [0.2, 0.25) is 0 Å². The third-order valence-electron chi connectivity index (χ3n) is 2.06. The number of esters is 1. The quantitative estimate of drug-likeness (QED) is 0.638. The van der Waals surface area contributed by atoms with E-state index in [-0.39, 0.29) is 18.2 Å². The molecule has 0 fully saturated rings. The van der Waals surface area contributed by atoms with Gasteiger partial charge in [0, 0.05) is 18.1 Å². The number of carbonyl (C=O) groups is 1. The Labute approximate surface area is 98.5 Å². The van der Waals surface area contributed by atoms with Crippen LogP contribution < -0.4 is 5.32 Å². The summed E-state index contributed by atoms with van der Waals surface area (Å²) in [6.07, 6.45) is 0.281. The summed E-state index contributed by atoms with van der Waals surface area (Å²) >= 11 is 5.87. The second-order valence-corrected chi connectivity index (χ2v) is 3.65. The molecule has 0 aliphatic heterocycles. The van der Waals surface area contributed by atoms with Gasteiger partial charge in [-0.2, -0.15) is 0 Å². The van der Waals surface area contributed by atoms with Gasteiger partial charge in [0.15, 0.2) is 0 Å². The summed E-state index contributed by atoms with van der Waals surface area (Å²) in [5.74, 6) is -0.605. The number of ether oxygens (including phenoxy) is 1. The van der Waals surface area contributed by atoms with Crippen LogP contribution in [0, 0.1) is 5.82 Å². The lowest BCUT2D eigenvalue weighted by Crippen LogP contribution is -2.18. The number of methoxy groups -OCH3 is 1. The highest BCUT2D eigenvalue weighted by atomic mass is 35.5. The lowest BCUT2D eigenvalue weighted by molar-refractivity contribution is -0.140. The molecule has 0 spiro atoms. The Kier molecular flexibility index (Phi) is 5.22. The van der Waals surface area contributed by atoms with Crippen LogP contribution in [0.4, 0.5) is 4.39 Å². The first-order chi connectivity index (χ1) is 7.63. The van der Waals surface area contributed by atoms with E-state index in [2.05, 4.69) is 10.1 Å². The maximum Gasteiger partial charge on any atom is 0.306 e. The van der Waals surface area contributed by atoms with Crippen molar-refractivity contribution in [3.63, 3.8) is 0 Å². The minimum absolute atomic E-state index is 0.280. The van der Waals surface area contributed by atoms with E-state index in [0.29, 0.717) is 23.7 Å². The summed E-state index contributed by atoms with van der Waals surface area (Å²) in [5.41, 5.74) is 0.673. The molecule has 3 nitrogen and oxygen atoms in total. The first-order valence-corrected chi connectivity index (χ1v) is 5.22. The molecular formula is C11H13ClFNO2. The molecule has 0 amide bonds. The van der Waals surface area contributed by atoms with Crippen LogP contribution in [0.3, 0.4) is 0 Å². The zero-order valence-electron chi connectivity index (χ0n) is 8.93. The van der Waals surface area contributed by atoms with Gasteiger partial charge in [0.05, 0.1) is 13.5 Å². The Morgan fingerprint density at radius 3 is 3.00 bits per heavy atom. The van der Waals surface area contributed by atoms with Gasteiger partial charge in [-0.1, -0.05) is 11.6 Å². The Morgan fingerprint density at radius 1 is 1.56 bits per heavy atom. The summed E-state index contributed by atoms with van der Waals surface area (Å²) in [6.45, 7) is 0.896. The average molecular weight is 246 g/mol. The number of rotatable bonds is 5. The molecule has 16 heavy (non-hydrogen) atoms. The molecule has 0 saturated carbocycles. The van der Waals surface area contributed by atoms with Gasteiger partial charge >= 0.3 is 5.97 Å². The number of halogens is 2. The van der Waals surface area contributed by atoms with Crippen LogP contribution in [0.25, 0.3) is 0 Å². The van der Waals surface area contributed by atoms with Crippen molar-refractivity contribution in [3.05, 3.63) is 34.6 Å². The van der Waals surface area contributed by atoms with E-state index >= 15 is 0 Å². The molecule has 1 N–H and O–H groups in total. The third kappa shape index (κ3) is 4.16. The van der Waals surface area contributed by atoms with Crippen molar-refractivity contribution in [1.29, 1.82) is 0 Å². The second kappa shape index (κ2) is 6.45. The molecule has 0 aliphatic carbocycles. The van der Waals surface area contributed by atoms with Gasteiger partial charge in [-0.25, -0.2) is 4.39 Å². The summed E-state index contributed by atoms with van der Waals surface area (Å²) in [4.78, 5) is 10.8. The molecule has 0 atom stereocenters. The molecule has 0 bridgehead atoms. The van der Waals surface area contributed by atoms with Crippen LogP contribution >= 0.6 is 11.6 Å². The minimum Gasteiger partial charge on any atom is -0.469 e. The molecule has 0 aliphatic rings. The van der Waals surface area contributed by atoms with Gasteiger partial charge in [0.25, 0.3) is 0 Å². The van der Waals surface area contributed by atoms with E-state index in [1.54, 1.807) is 0 Å². The van der Waals surface area contributed by atoms with Crippen molar-refractivity contribution in [2.75, 3.05) is 13.7 Å². The van der Waals surface area contributed by atoms with Crippen LogP contribution in [0.5, 0.6) is 0 Å². The molecule has 0 radical (unpaired) electrons. The standard InChI is InChI=1S/C11H13ClFNO2/c1-16-11(15)4-5-14-7-8-6-9(13)2-3-10(8)12/h2-3,6,14H,4-5,7H2,1H3. The summed E-state index contributed by atoms with van der Waals surface area (Å²) in [5, 5.41) is 3.49. The number of carbonyl (C=O) groups excluding carboxylic acids is 1. The molecule has 0 saturated heterocycles. The summed E-state index contributed by atoms with van der Waals surface area (Å²) in [7, 11) is 1.34. The van der Waals surface area contributed by atoms with Crippen molar-refractivity contribution >= 4 is 17.6 Å². The lowest BCUT2D eigenvalue weighted by atomic mass is 10.2. The first kappa shape index (κ1) is 12.9. The van der Waals surface area contributed by atoms with Gasteiger partial charge in [-0.05, 0) is 23.8 Å². The smallest absolute Gasteiger partial charge is 0.306 e. The second-order valence-electron chi connectivity index (χ2n) is 3.24. The van der Waals surface area contributed by atoms with Crippen LogP contribution in [0.2, 0.25) is 5.02 Å². The van der Waals surface area contributed by atoms with Crippen LogP contribution in [0.1, 0.15) is 12.0 Å². The monoisotopic (exact) mass is 245 g/mol. The summed E-state index contributed by atoms with van der Waals surface area (Å²) in [6, 6.07) is 4.18. The van der Waals surface area contributed by atoms with Crippen LogP contribution in [0.15, 0.2) is 18.2 Å². The Balaban J connectivity index is 2.37. The number of nitrogens with one attached hydrogen (secondary N) is 1. The SMILES string of the molecule is COC(=O)CCNCc1cc(F)ccc1Cl. The Bertz CT molecular complexity index is 371. The lowest BCUT2D eigenvalue weighted by Gasteiger charge is -2.06. The predicted molar refractivity (Wildman–Crippen MR) is 59.7 cm³/mol. The van der Waals surface area contributed by atoms with Crippen molar-refractivity contribution in [1.82, 2.24) is 5.32 Å².